The van der Waals surface area contributed by atoms with Crippen molar-refractivity contribution in [1.29, 1.82) is 0 Å². The van der Waals surface area contributed by atoms with E-state index in [1.165, 1.54) is 11.5 Å². The second-order valence-electron chi connectivity index (χ2n) is 9.51. The quantitative estimate of drug-likeness (QED) is 0.266. The van der Waals surface area contributed by atoms with Crippen LogP contribution in [0, 0.1) is 19.7 Å². The number of ether oxygens (including phenoxy) is 2. The topological polar surface area (TPSA) is 71.5 Å². The van der Waals surface area contributed by atoms with Crippen molar-refractivity contribution >= 4 is 11.5 Å². The first-order valence-electron chi connectivity index (χ1n) is 11.8. The lowest BCUT2D eigenvalue weighted by atomic mass is 9.94. The molecule has 0 saturated carbocycles. The number of halogens is 1. The van der Waals surface area contributed by atoms with Gasteiger partial charge in [0.25, 0.3) is 5.56 Å². The van der Waals surface area contributed by atoms with Crippen molar-refractivity contribution in [3.05, 3.63) is 93.5 Å². The van der Waals surface area contributed by atoms with Crippen LogP contribution in [0.25, 0.3) is 21.6 Å². The maximum absolute atomic E-state index is 15.1. The van der Waals surface area contributed by atoms with Gasteiger partial charge in [0, 0.05) is 12.5 Å². The monoisotopic (exact) mass is 507 g/mol. The van der Waals surface area contributed by atoms with Gasteiger partial charge in [-0.05, 0) is 97.5 Å². The summed E-state index contributed by atoms with van der Waals surface area (Å²) in [7, 11) is 0. The van der Waals surface area contributed by atoms with Gasteiger partial charge in [-0.25, -0.2) is 4.39 Å². The Morgan fingerprint density at radius 1 is 1.00 bits per heavy atom. The Morgan fingerprint density at radius 3 is 2.42 bits per heavy atom. The van der Waals surface area contributed by atoms with Crippen LogP contribution >= 0.6 is 11.5 Å². The molecule has 0 aliphatic rings. The highest BCUT2D eigenvalue weighted by molar-refractivity contribution is 7.09. The molecule has 0 atom stereocenters. The first kappa shape index (κ1) is 25.7. The maximum Gasteiger partial charge on any atom is 0.258 e. The summed E-state index contributed by atoms with van der Waals surface area (Å²) >= 11 is 1.30. The number of aromatic amines is 1. The lowest BCUT2D eigenvalue weighted by Crippen LogP contribution is -2.22. The van der Waals surface area contributed by atoms with E-state index in [0.29, 0.717) is 18.6 Å². The first-order chi connectivity index (χ1) is 17.1. The number of H-pyrrole nitrogens is 1. The number of rotatable bonds is 9. The van der Waals surface area contributed by atoms with Crippen molar-refractivity contribution in [3.63, 3.8) is 0 Å². The van der Waals surface area contributed by atoms with Gasteiger partial charge in [-0.15, -0.1) is 0 Å². The molecule has 36 heavy (non-hydrogen) atoms. The molecule has 0 aliphatic carbocycles. The molecule has 3 aromatic carbocycles. The highest BCUT2D eigenvalue weighted by atomic mass is 32.1. The second kappa shape index (κ2) is 10.7. The predicted molar refractivity (Wildman–Crippen MR) is 142 cm³/mol. The van der Waals surface area contributed by atoms with Crippen LogP contribution in [0.15, 0.2) is 65.5 Å². The van der Waals surface area contributed by atoms with Crippen LogP contribution in [0.5, 0.6) is 11.5 Å². The number of aromatic nitrogens is 1. The molecular weight excluding hydrogens is 477 g/mol. The summed E-state index contributed by atoms with van der Waals surface area (Å²) in [6, 6.07) is 18.8. The van der Waals surface area contributed by atoms with Crippen molar-refractivity contribution in [2.24, 2.45) is 0 Å². The molecule has 0 radical (unpaired) electrons. The van der Waals surface area contributed by atoms with Gasteiger partial charge in [0.1, 0.15) is 12.4 Å². The summed E-state index contributed by atoms with van der Waals surface area (Å²) in [4.78, 5) is 12.2. The summed E-state index contributed by atoms with van der Waals surface area (Å²) < 4.78 is 29.5. The van der Waals surface area contributed by atoms with E-state index in [2.05, 4.69) is 4.37 Å². The molecule has 0 spiro atoms. The lowest BCUT2D eigenvalue weighted by molar-refractivity contribution is 0.0547. The molecule has 0 bridgehead atoms. The van der Waals surface area contributed by atoms with Crippen molar-refractivity contribution in [3.8, 4) is 33.1 Å². The van der Waals surface area contributed by atoms with Crippen LogP contribution in [0.4, 0.5) is 4.39 Å². The zero-order valence-corrected chi connectivity index (χ0v) is 21.7. The first-order valence-corrected chi connectivity index (χ1v) is 12.6. The summed E-state index contributed by atoms with van der Waals surface area (Å²) in [5.41, 5.74) is 4.12. The third kappa shape index (κ3) is 6.22. The number of nitrogens with one attached hydrogen (secondary N) is 1. The number of benzene rings is 3. The number of hydrogen-bond donors (Lipinski definition) is 2. The van der Waals surface area contributed by atoms with E-state index < -0.39 is 5.60 Å². The van der Waals surface area contributed by atoms with Crippen molar-refractivity contribution in [2.45, 2.75) is 46.3 Å². The molecule has 0 fully saturated rings. The third-order valence-corrected chi connectivity index (χ3v) is 6.79. The lowest BCUT2D eigenvalue weighted by Gasteiger charge is -2.19. The Bertz CT molecular complexity index is 1400. The van der Waals surface area contributed by atoms with Crippen LogP contribution in [0.1, 0.15) is 37.0 Å². The number of aryl methyl sites for hydroxylation is 1. The van der Waals surface area contributed by atoms with E-state index in [1.807, 2.05) is 55.5 Å². The fourth-order valence-electron chi connectivity index (χ4n) is 4.01. The number of aliphatic hydroxyl groups is 1. The molecule has 5 nitrogen and oxygen atoms in total. The largest absolute Gasteiger partial charge is 0.490 e. The van der Waals surface area contributed by atoms with E-state index >= 15 is 4.39 Å². The molecule has 1 heterocycles. The Kier molecular flexibility index (Phi) is 7.62. The molecule has 7 heteroatoms. The molecule has 4 rings (SSSR count). The average molecular weight is 508 g/mol. The van der Waals surface area contributed by atoms with Crippen molar-refractivity contribution in [2.75, 3.05) is 6.61 Å². The Balaban J connectivity index is 1.47. The molecule has 0 unspecified atom stereocenters. The molecule has 0 amide bonds. The van der Waals surface area contributed by atoms with Gasteiger partial charge in [-0.3, -0.25) is 9.17 Å². The summed E-state index contributed by atoms with van der Waals surface area (Å²) in [5, 5.41) is 9.87. The minimum Gasteiger partial charge on any atom is -0.490 e. The van der Waals surface area contributed by atoms with Gasteiger partial charge in [0.05, 0.1) is 17.1 Å². The Hall–Kier alpha value is -3.42. The van der Waals surface area contributed by atoms with Crippen LogP contribution in [0.3, 0.4) is 0 Å². The molecule has 1 aromatic heterocycles. The van der Waals surface area contributed by atoms with Gasteiger partial charge in [-0.2, -0.15) is 0 Å². The third-order valence-electron chi connectivity index (χ3n) is 5.92. The zero-order valence-electron chi connectivity index (χ0n) is 20.9. The second-order valence-corrected chi connectivity index (χ2v) is 10.4. The van der Waals surface area contributed by atoms with E-state index in [9.17, 15) is 9.90 Å². The fraction of sp³-hybridized carbons (Fsp3) is 0.276. The van der Waals surface area contributed by atoms with E-state index in [-0.39, 0.29) is 23.7 Å². The van der Waals surface area contributed by atoms with Crippen molar-refractivity contribution < 1.29 is 19.0 Å². The molecule has 2 N–H and O–H groups in total. The zero-order chi connectivity index (χ0) is 25.9. The van der Waals surface area contributed by atoms with Gasteiger partial charge in [0.15, 0.2) is 11.6 Å². The standard InChI is InChI=1S/C29H30FNO4S/c1-18-14-24(34-13-12-29(3,4)33)28(30)19(2)27(18)22-7-5-6-20(15-22)17-35-23-10-8-21(9-11-23)25-16-26(32)31-36-25/h5-11,14-16,33H,12-13,17H2,1-4H3,(H,31,32). The molecule has 4 aromatic rings. The molecule has 188 valence electrons. The Labute approximate surface area is 214 Å². The minimum absolute atomic E-state index is 0.103. The highest BCUT2D eigenvalue weighted by Gasteiger charge is 2.18. The van der Waals surface area contributed by atoms with Gasteiger partial charge >= 0.3 is 0 Å². The van der Waals surface area contributed by atoms with Gasteiger partial charge < -0.3 is 14.6 Å². The highest BCUT2D eigenvalue weighted by Crippen LogP contribution is 2.35. The molecular formula is C29H30FNO4S. The van der Waals surface area contributed by atoms with E-state index in [1.54, 1.807) is 32.9 Å². The summed E-state index contributed by atoms with van der Waals surface area (Å²) in [6.07, 6.45) is 0.408. The minimum atomic E-state index is -0.866. The van der Waals surface area contributed by atoms with E-state index in [0.717, 1.165) is 38.4 Å². The van der Waals surface area contributed by atoms with Crippen LogP contribution in [0.2, 0.25) is 0 Å². The van der Waals surface area contributed by atoms with E-state index in [4.69, 9.17) is 9.47 Å². The Morgan fingerprint density at radius 2 is 1.75 bits per heavy atom. The van der Waals surface area contributed by atoms with Crippen LogP contribution < -0.4 is 15.0 Å². The fourth-order valence-corrected chi connectivity index (χ4v) is 4.70. The maximum atomic E-state index is 15.1. The molecule has 0 saturated heterocycles. The SMILES string of the molecule is Cc1cc(OCCC(C)(C)O)c(F)c(C)c1-c1cccc(COc2ccc(-c3cc(=O)[nH]s3)cc2)c1. The van der Waals surface area contributed by atoms with Crippen LogP contribution in [-0.4, -0.2) is 21.7 Å². The normalized spacial score (nSPS) is 11.5. The van der Waals surface area contributed by atoms with Gasteiger partial charge in [0.2, 0.25) is 0 Å². The summed E-state index contributed by atoms with van der Waals surface area (Å²) in [6.45, 7) is 7.70. The van der Waals surface area contributed by atoms with Gasteiger partial charge in [-0.1, -0.05) is 29.7 Å². The smallest absolute Gasteiger partial charge is 0.258 e. The summed E-state index contributed by atoms with van der Waals surface area (Å²) in [5.74, 6) is 0.534. The van der Waals surface area contributed by atoms with Crippen molar-refractivity contribution in [1.82, 2.24) is 4.37 Å². The number of hydrogen-bond acceptors (Lipinski definition) is 5. The predicted octanol–water partition coefficient (Wildman–Crippen LogP) is 6.65. The molecule has 0 aliphatic heterocycles. The average Bonchev–Trinajstić information content (AvgIpc) is 3.27. The van der Waals surface area contributed by atoms with Crippen LogP contribution in [-0.2, 0) is 6.61 Å².